The first-order chi connectivity index (χ1) is 12.7. The smallest absolute Gasteiger partial charge is 0.333 e. The number of rotatable bonds is 3. The number of hydrogen-bond donors (Lipinski definition) is 0. The zero-order valence-corrected chi connectivity index (χ0v) is 18.8. The highest BCUT2D eigenvalue weighted by molar-refractivity contribution is 7.20. The molecule has 0 fully saturated rings. The molecule has 0 spiro atoms. The van der Waals surface area contributed by atoms with Crippen LogP contribution >= 0.6 is 0 Å². The quantitative estimate of drug-likeness (QED) is 0.447. The van der Waals surface area contributed by atoms with E-state index in [2.05, 4.69) is 75.2 Å². The number of carbonyl (C=O) groups excluding carboxylic acids is 1. The highest BCUT2D eigenvalue weighted by Crippen LogP contribution is 2.48. The number of ether oxygens (including phenoxy) is 1. The Bertz CT molecular complexity index is 1030. The Morgan fingerprint density at radius 1 is 0.926 bits per heavy atom. The number of hydrogen-bond acceptors (Lipinski definition) is 2. The molecule has 0 aliphatic carbocycles. The molecule has 0 aromatic heterocycles. The second-order valence-electron chi connectivity index (χ2n) is 8.78. The first kappa shape index (κ1) is 18.2. The lowest BCUT2D eigenvalue weighted by atomic mass is 10.1. The topological polar surface area (TPSA) is 26.3 Å². The minimum Gasteiger partial charge on any atom is -0.457 e. The molecule has 2 nitrogen and oxygen atoms in total. The van der Waals surface area contributed by atoms with E-state index in [1.54, 1.807) is 22.5 Å². The van der Waals surface area contributed by atoms with Gasteiger partial charge in [0.1, 0.15) is 22.8 Å². The van der Waals surface area contributed by atoms with Crippen molar-refractivity contribution in [1.29, 1.82) is 0 Å². The molecule has 0 saturated carbocycles. The molecule has 0 N–H and O–H groups in total. The third-order valence-corrected chi connectivity index (χ3v) is 13.4. The van der Waals surface area contributed by atoms with E-state index in [0.29, 0.717) is 12.2 Å². The van der Waals surface area contributed by atoms with Gasteiger partial charge in [-0.15, -0.1) is 0 Å². The molecule has 0 unspecified atom stereocenters. The van der Waals surface area contributed by atoms with E-state index in [-0.39, 0.29) is 5.97 Å². The third-order valence-electron chi connectivity index (χ3n) is 6.11. The van der Waals surface area contributed by atoms with Gasteiger partial charge in [0.05, 0.1) is 0 Å². The normalized spacial score (nSPS) is 18.0. The molecule has 2 aliphatic heterocycles. The predicted molar refractivity (Wildman–Crippen MR) is 119 cm³/mol. The van der Waals surface area contributed by atoms with Crippen molar-refractivity contribution in [2.75, 3.05) is 0 Å². The summed E-state index contributed by atoms with van der Waals surface area (Å²) in [6.07, 6.45) is 0. The fourth-order valence-corrected chi connectivity index (χ4v) is 13.6. The van der Waals surface area contributed by atoms with E-state index in [1.807, 2.05) is 0 Å². The highest BCUT2D eigenvalue weighted by Gasteiger charge is 2.51. The van der Waals surface area contributed by atoms with Crippen LogP contribution in [0.15, 0.2) is 54.6 Å². The SMILES string of the molecule is C=C(C)C(=O)OCc1ccc2c(c1)[Si](C)(C)C1=C2[Si](C)(C)c2ccccc21. The number of fused-ring (bicyclic) bond motifs is 4. The van der Waals surface area contributed by atoms with Crippen LogP contribution < -0.4 is 10.4 Å². The Kier molecular flexibility index (Phi) is 3.98. The fraction of sp³-hybridized carbons (Fsp3) is 0.261. The molecule has 2 heterocycles. The van der Waals surface area contributed by atoms with Crippen LogP contribution in [0.4, 0.5) is 0 Å². The molecule has 0 saturated heterocycles. The van der Waals surface area contributed by atoms with Crippen molar-refractivity contribution in [3.8, 4) is 0 Å². The second-order valence-corrected chi connectivity index (χ2v) is 17.4. The van der Waals surface area contributed by atoms with E-state index in [4.69, 9.17) is 4.74 Å². The predicted octanol–water partition coefficient (Wildman–Crippen LogP) is 4.15. The highest BCUT2D eigenvalue weighted by atomic mass is 28.3. The van der Waals surface area contributed by atoms with Gasteiger partial charge in [0, 0.05) is 5.57 Å². The van der Waals surface area contributed by atoms with Crippen LogP contribution in [0, 0.1) is 0 Å². The minimum atomic E-state index is -1.78. The Hall–Kier alpha value is -2.18. The van der Waals surface area contributed by atoms with Crippen molar-refractivity contribution in [2.24, 2.45) is 0 Å². The molecular formula is C23H26O2Si2. The van der Waals surface area contributed by atoms with E-state index in [0.717, 1.165) is 5.56 Å². The molecule has 138 valence electrons. The lowest BCUT2D eigenvalue weighted by Gasteiger charge is -2.26. The summed E-state index contributed by atoms with van der Waals surface area (Å²) >= 11 is 0. The zero-order chi connectivity index (χ0) is 19.6. The summed E-state index contributed by atoms with van der Waals surface area (Å²) in [5, 5.41) is 6.36. The first-order valence-electron chi connectivity index (χ1n) is 9.47. The summed E-state index contributed by atoms with van der Waals surface area (Å²) in [6, 6.07) is 15.7. The summed E-state index contributed by atoms with van der Waals surface area (Å²) in [6.45, 7) is 15.5. The number of carbonyl (C=O) groups is 1. The van der Waals surface area contributed by atoms with Crippen LogP contribution in [0.2, 0.25) is 26.2 Å². The van der Waals surface area contributed by atoms with E-state index in [1.165, 1.54) is 16.3 Å². The van der Waals surface area contributed by atoms with E-state index in [9.17, 15) is 4.79 Å². The average molecular weight is 391 g/mol. The van der Waals surface area contributed by atoms with Crippen LogP contribution in [0.25, 0.3) is 10.4 Å². The maximum atomic E-state index is 11.7. The molecule has 4 heteroatoms. The van der Waals surface area contributed by atoms with Crippen LogP contribution in [0.5, 0.6) is 0 Å². The average Bonchev–Trinajstić information content (AvgIpc) is 3.01. The summed E-state index contributed by atoms with van der Waals surface area (Å²) in [5.41, 5.74) is 4.45. The lowest BCUT2D eigenvalue weighted by molar-refractivity contribution is -0.140. The van der Waals surface area contributed by atoms with Crippen molar-refractivity contribution < 1.29 is 9.53 Å². The maximum absolute atomic E-state index is 11.7. The van der Waals surface area contributed by atoms with Crippen molar-refractivity contribution in [3.63, 3.8) is 0 Å². The van der Waals surface area contributed by atoms with Crippen molar-refractivity contribution in [3.05, 3.63) is 71.3 Å². The van der Waals surface area contributed by atoms with Crippen molar-refractivity contribution >= 4 is 42.9 Å². The molecule has 0 radical (unpaired) electrons. The largest absolute Gasteiger partial charge is 0.457 e. The van der Waals surface area contributed by atoms with E-state index < -0.39 is 16.1 Å². The number of benzene rings is 2. The lowest BCUT2D eigenvalue weighted by Crippen LogP contribution is -2.45. The van der Waals surface area contributed by atoms with Gasteiger partial charge in [-0.2, -0.15) is 0 Å². The molecular weight excluding hydrogens is 364 g/mol. The van der Waals surface area contributed by atoms with Crippen molar-refractivity contribution in [1.82, 2.24) is 0 Å². The number of esters is 1. The third kappa shape index (κ3) is 2.54. The maximum Gasteiger partial charge on any atom is 0.333 e. The summed E-state index contributed by atoms with van der Waals surface area (Å²) in [4.78, 5) is 11.7. The molecule has 0 atom stereocenters. The van der Waals surface area contributed by atoms with Gasteiger partial charge in [-0.25, -0.2) is 4.79 Å². The van der Waals surface area contributed by atoms with Crippen LogP contribution in [0.1, 0.15) is 23.6 Å². The van der Waals surface area contributed by atoms with Gasteiger partial charge in [-0.1, -0.05) is 75.2 Å². The molecule has 2 aromatic carbocycles. The molecule has 4 rings (SSSR count). The van der Waals surface area contributed by atoms with Gasteiger partial charge >= 0.3 is 5.97 Å². The summed E-state index contributed by atoms with van der Waals surface area (Å²) in [5.74, 6) is -0.324. The second kappa shape index (κ2) is 5.91. The van der Waals surface area contributed by atoms with Crippen LogP contribution in [-0.2, 0) is 16.1 Å². The fourth-order valence-electron chi connectivity index (χ4n) is 4.77. The standard InChI is InChI=1S/C23H26O2Si2/c1-15(2)23(24)25-14-16-11-12-18-20(13-16)27(5,6)21-17-9-7-8-10-19(17)26(3,4)22(18)21/h7-13H,1,14H2,2-6H3. The van der Waals surface area contributed by atoms with Gasteiger partial charge in [-0.3, -0.25) is 0 Å². The van der Waals surface area contributed by atoms with Crippen LogP contribution in [-0.4, -0.2) is 22.1 Å². The van der Waals surface area contributed by atoms with Gasteiger partial charge in [0.25, 0.3) is 0 Å². The molecule has 0 amide bonds. The zero-order valence-electron chi connectivity index (χ0n) is 16.8. The minimum absolute atomic E-state index is 0.311. The Labute approximate surface area is 163 Å². The van der Waals surface area contributed by atoms with Crippen molar-refractivity contribution in [2.45, 2.75) is 39.7 Å². The van der Waals surface area contributed by atoms with Gasteiger partial charge in [0.15, 0.2) is 0 Å². The Morgan fingerprint density at radius 2 is 1.52 bits per heavy atom. The Balaban J connectivity index is 1.78. The monoisotopic (exact) mass is 390 g/mol. The molecule has 2 aliphatic rings. The molecule has 0 bridgehead atoms. The van der Waals surface area contributed by atoms with Gasteiger partial charge in [-0.05, 0) is 44.4 Å². The summed E-state index contributed by atoms with van der Waals surface area (Å²) < 4.78 is 5.38. The van der Waals surface area contributed by atoms with Gasteiger partial charge < -0.3 is 4.74 Å². The Morgan fingerprint density at radius 3 is 2.19 bits per heavy atom. The molecule has 27 heavy (non-hydrogen) atoms. The van der Waals surface area contributed by atoms with Crippen LogP contribution in [0.3, 0.4) is 0 Å². The van der Waals surface area contributed by atoms with E-state index >= 15 is 0 Å². The summed E-state index contributed by atoms with van der Waals surface area (Å²) in [7, 11) is -3.47. The first-order valence-corrected chi connectivity index (χ1v) is 15.5. The van der Waals surface area contributed by atoms with Gasteiger partial charge in [0.2, 0.25) is 0 Å². The molecule has 2 aromatic rings.